The summed E-state index contributed by atoms with van der Waals surface area (Å²) >= 11 is 0. The first-order valence-electron chi connectivity index (χ1n) is 9.79. The Labute approximate surface area is 181 Å². The summed E-state index contributed by atoms with van der Waals surface area (Å²) in [6.07, 6.45) is -4.44. The van der Waals surface area contributed by atoms with E-state index in [9.17, 15) is 32.9 Å². The minimum absolute atomic E-state index is 0.0282. The summed E-state index contributed by atoms with van der Waals surface area (Å²) in [6, 6.07) is 8.50. The number of hydrogen-bond donors (Lipinski definition) is 1. The maximum absolute atomic E-state index is 12.6. The molecule has 1 N–H and O–H groups in total. The molecule has 0 unspecified atom stereocenters. The van der Waals surface area contributed by atoms with Gasteiger partial charge in [0.25, 0.3) is 11.6 Å². The fourth-order valence-corrected chi connectivity index (χ4v) is 3.44. The number of carbonyl (C=O) groups excluding carboxylic acids is 2. The van der Waals surface area contributed by atoms with Crippen LogP contribution < -0.4 is 10.2 Å². The molecule has 11 heteroatoms. The highest BCUT2D eigenvalue weighted by Gasteiger charge is 2.30. The lowest BCUT2D eigenvalue weighted by molar-refractivity contribution is -0.384. The number of rotatable bonds is 5. The van der Waals surface area contributed by atoms with E-state index in [4.69, 9.17) is 0 Å². The lowest BCUT2D eigenvalue weighted by Crippen LogP contribution is -2.48. The van der Waals surface area contributed by atoms with Crippen LogP contribution in [0.5, 0.6) is 0 Å². The summed E-state index contributed by atoms with van der Waals surface area (Å²) in [4.78, 5) is 38.4. The van der Waals surface area contributed by atoms with Crippen LogP contribution in [0.25, 0.3) is 0 Å². The Morgan fingerprint density at radius 3 is 2.22 bits per heavy atom. The predicted molar refractivity (Wildman–Crippen MR) is 110 cm³/mol. The van der Waals surface area contributed by atoms with E-state index in [-0.39, 0.29) is 23.7 Å². The zero-order valence-electron chi connectivity index (χ0n) is 17.2. The van der Waals surface area contributed by atoms with Crippen molar-refractivity contribution in [3.05, 3.63) is 69.3 Å². The molecule has 1 heterocycles. The SMILES string of the molecule is CC(=O)N1CCN(c2ccc(C(=O)NCc3ccc(C(F)(F)F)cc3)cc2[N+](=O)[O-])CC1. The topological polar surface area (TPSA) is 95.8 Å². The lowest BCUT2D eigenvalue weighted by atomic mass is 10.1. The zero-order chi connectivity index (χ0) is 23.5. The molecule has 2 aromatic carbocycles. The Hall–Kier alpha value is -3.63. The van der Waals surface area contributed by atoms with E-state index in [1.54, 1.807) is 9.80 Å². The average Bonchev–Trinajstić information content (AvgIpc) is 2.76. The highest BCUT2D eigenvalue weighted by Crippen LogP contribution is 2.31. The molecular formula is C21H21F3N4O4. The van der Waals surface area contributed by atoms with Crippen molar-refractivity contribution in [3.63, 3.8) is 0 Å². The number of nitrogens with zero attached hydrogens (tertiary/aromatic N) is 3. The van der Waals surface area contributed by atoms with E-state index in [1.807, 2.05) is 0 Å². The van der Waals surface area contributed by atoms with E-state index >= 15 is 0 Å². The number of nitrogens with one attached hydrogen (secondary N) is 1. The van der Waals surface area contributed by atoms with Crippen LogP contribution in [0.2, 0.25) is 0 Å². The number of nitro benzene ring substituents is 1. The van der Waals surface area contributed by atoms with E-state index in [2.05, 4.69) is 5.32 Å². The van der Waals surface area contributed by atoms with Crippen LogP contribution in [0.3, 0.4) is 0 Å². The minimum atomic E-state index is -4.44. The zero-order valence-corrected chi connectivity index (χ0v) is 17.2. The molecule has 1 saturated heterocycles. The number of amides is 2. The van der Waals surface area contributed by atoms with Gasteiger partial charge in [-0.15, -0.1) is 0 Å². The Balaban J connectivity index is 1.69. The van der Waals surface area contributed by atoms with E-state index in [0.717, 1.165) is 12.1 Å². The molecule has 0 aliphatic carbocycles. The van der Waals surface area contributed by atoms with Crippen molar-refractivity contribution in [2.45, 2.75) is 19.6 Å². The Bertz CT molecular complexity index is 1020. The third kappa shape index (κ3) is 5.34. The predicted octanol–water partition coefficient (Wildman–Crippen LogP) is 3.21. The molecule has 1 fully saturated rings. The largest absolute Gasteiger partial charge is 0.416 e. The molecule has 1 aliphatic heterocycles. The number of piperazine rings is 1. The first kappa shape index (κ1) is 23.0. The van der Waals surface area contributed by atoms with Gasteiger partial charge in [0.05, 0.1) is 10.5 Å². The van der Waals surface area contributed by atoms with Crippen LogP contribution in [0, 0.1) is 10.1 Å². The molecule has 2 aromatic rings. The van der Waals surface area contributed by atoms with Crippen molar-refractivity contribution in [1.82, 2.24) is 10.2 Å². The van der Waals surface area contributed by atoms with E-state index in [1.165, 1.54) is 37.3 Å². The lowest BCUT2D eigenvalue weighted by Gasteiger charge is -2.35. The van der Waals surface area contributed by atoms with Crippen molar-refractivity contribution in [2.75, 3.05) is 31.1 Å². The smallest absolute Gasteiger partial charge is 0.362 e. The van der Waals surface area contributed by atoms with Crippen LogP contribution in [0.4, 0.5) is 24.5 Å². The van der Waals surface area contributed by atoms with Gasteiger partial charge < -0.3 is 15.1 Å². The summed E-state index contributed by atoms with van der Waals surface area (Å²) in [5, 5.41) is 14.2. The summed E-state index contributed by atoms with van der Waals surface area (Å²) < 4.78 is 37.9. The molecule has 1 aliphatic rings. The summed E-state index contributed by atoms with van der Waals surface area (Å²) in [5.74, 6) is -0.639. The summed E-state index contributed by atoms with van der Waals surface area (Å²) in [6.45, 7) is 3.19. The third-order valence-electron chi connectivity index (χ3n) is 5.23. The van der Waals surface area contributed by atoms with Gasteiger partial charge in [0.2, 0.25) is 5.91 Å². The Kier molecular flexibility index (Phi) is 6.66. The Morgan fingerprint density at radius 1 is 1.06 bits per heavy atom. The van der Waals surface area contributed by atoms with Gasteiger partial charge in [-0.3, -0.25) is 19.7 Å². The van der Waals surface area contributed by atoms with Crippen LogP contribution in [0.15, 0.2) is 42.5 Å². The molecule has 3 rings (SSSR count). The molecule has 0 radical (unpaired) electrons. The van der Waals surface area contributed by atoms with Crippen molar-refractivity contribution >= 4 is 23.2 Å². The van der Waals surface area contributed by atoms with Gasteiger partial charge in [-0.2, -0.15) is 13.2 Å². The molecule has 8 nitrogen and oxygen atoms in total. The number of carbonyl (C=O) groups is 2. The second-order valence-corrected chi connectivity index (χ2v) is 7.33. The standard InChI is InChI=1S/C21H21F3N4O4/c1-14(29)26-8-10-27(11-9-26)18-7-4-16(12-19(18)28(31)32)20(30)25-13-15-2-5-17(6-3-15)21(22,23)24/h2-7,12H,8-11,13H2,1H3,(H,25,30). The van der Waals surface area contributed by atoms with Gasteiger partial charge in [0.1, 0.15) is 5.69 Å². The van der Waals surface area contributed by atoms with Crippen LogP contribution in [-0.4, -0.2) is 47.8 Å². The first-order valence-corrected chi connectivity index (χ1v) is 9.79. The molecule has 0 aromatic heterocycles. The van der Waals surface area contributed by atoms with E-state index in [0.29, 0.717) is 37.4 Å². The van der Waals surface area contributed by atoms with Gasteiger partial charge in [-0.25, -0.2) is 0 Å². The monoisotopic (exact) mass is 450 g/mol. The number of hydrogen-bond acceptors (Lipinski definition) is 5. The fraction of sp³-hybridized carbons (Fsp3) is 0.333. The molecule has 0 bridgehead atoms. The number of halogens is 3. The first-order chi connectivity index (χ1) is 15.1. The van der Waals surface area contributed by atoms with Gasteiger partial charge in [-0.05, 0) is 29.8 Å². The van der Waals surface area contributed by atoms with Crippen LogP contribution >= 0.6 is 0 Å². The molecule has 0 spiro atoms. The number of benzene rings is 2. The van der Waals surface area contributed by atoms with Crippen molar-refractivity contribution in [3.8, 4) is 0 Å². The maximum Gasteiger partial charge on any atom is 0.416 e. The van der Waals surface area contributed by atoms with Crippen LogP contribution in [0.1, 0.15) is 28.4 Å². The van der Waals surface area contributed by atoms with Gasteiger partial charge in [-0.1, -0.05) is 12.1 Å². The average molecular weight is 450 g/mol. The maximum atomic E-state index is 12.6. The number of anilines is 1. The molecule has 170 valence electrons. The second kappa shape index (κ2) is 9.25. The summed E-state index contributed by atoms with van der Waals surface area (Å²) in [7, 11) is 0. The highest BCUT2D eigenvalue weighted by atomic mass is 19.4. The van der Waals surface area contributed by atoms with Crippen molar-refractivity contribution in [1.29, 1.82) is 0 Å². The number of nitro groups is 1. The Morgan fingerprint density at radius 2 is 1.69 bits per heavy atom. The fourth-order valence-electron chi connectivity index (χ4n) is 3.44. The molecule has 0 atom stereocenters. The van der Waals surface area contributed by atoms with Crippen molar-refractivity contribution in [2.24, 2.45) is 0 Å². The quantitative estimate of drug-likeness (QED) is 0.558. The summed E-state index contributed by atoms with van der Waals surface area (Å²) in [5.41, 5.74) is -0.139. The minimum Gasteiger partial charge on any atom is -0.362 e. The van der Waals surface area contributed by atoms with Crippen molar-refractivity contribution < 1.29 is 27.7 Å². The molecule has 32 heavy (non-hydrogen) atoms. The van der Waals surface area contributed by atoms with Gasteiger partial charge in [0, 0.05) is 51.3 Å². The van der Waals surface area contributed by atoms with E-state index < -0.39 is 22.6 Å². The normalized spacial score (nSPS) is 14.2. The van der Waals surface area contributed by atoms with Crippen LogP contribution in [-0.2, 0) is 17.5 Å². The molecule has 0 saturated carbocycles. The highest BCUT2D eigenvalue weighted by molar-refractivity contribution is 5.95. The van der Waals surface area contributed by atoms with Gasteiger partial charge >= 0.3 is 6.18 Å². The number of alkyl halides is 3. The molecular weight excluding hydrogens is 429 g/mol. The van der Waals surface area contributed by atoms with Gasteiger partial charge in [0.15, 0.2) is 0 Å². The molecule has 2 amide bonds. The third-order valence-corrected chi connectivity index (χ3v) is 5.23. The second-order valence-electron chi connectivity index (χ2n) is 7.33.